The molecule has 1 aliphatic rings. The minimum atomic E-state index is 0.0548. The largest absolute Gasteiger partial charge is 0.300 e. The number of nitrogens with one attached hydrogen (secondary N) is 1. The Bertz CT molecular complexity index is 471. The lowest BCUT2D eigenvalue weighted by atomic mass is 9.96. The number of hydrogen-bond acceptors (Lipinski definition) is 5. The maximum atomic E-state index is 12.1. The van der Waals surface area contributed by atoms with E-state index in [9.17, 15) is 4.79 Å². The van der Waals surface area contributed by atoms with Crippen molar-refractivity contribution < 1.29 is 4.79 Å². The highest BCUT2D eigenvalue weighted by atomic mass is 32.1. The first-order valence-corrected chi connectivity index (χ1v) is 7.33. The van der Waals surface area contributed by atoms with Crippen LogP contribution in [0.15, 0.2) is 0 Å². The molecule has 1 aliphatic heterocycles. The molecule has 0 radical (unpaired) electrons. The highest BCUT2D eigenvalue weighted by Gasteiger charge is 2.25. The van der Waals surface area contributed by atoms with Gasteiger partial charge in [-0.25, -0.2) is 0 Å². The normalized spacial score (nSPS) is 17.1. The number of aryl methyl sites for hydroxylation is 1. The van der Waals surface area contributed by atoms with Gasteiger partial charge >= 0.3 is 0 Å². The third-order valence-electron chi connectivity index (χ3n) is 3.27. The number of terminal acetylenes is 1. The predicted octanol–water partition coefficient (Wildman–Crippen LogP) is 1.38. The van der Waals surface area contributed by atoms with E-state index in [0.29, 0.717) is 11.7 Å². The monoisotopic (exact) mass is 278 g/mol. The molecule has 6 heteroatoms. The van der Waals surface area contributed by atoms with Crippen molar-refractivity contribution in [3.05, 3.63) is 5.01 Å². The second kappa shape index (κ2) is 6.64. The molecule has 0 saturated carbocycles. The Morgan fingerprint density at radius 1 is 1.53 bits per heavy atom. The summed E-state index contributed by atoms with van der Waals surface area (Å²) in [6.45, 7) is 4.47. The van der Waals surface area contributed by atoms with Gasteiger partial charge in [-0.1, -0.05) is 24.2 Å². The minimum Gasteiger partial charge on any atom is -0.300 e. The van der Waals surface area contributed by atoms with E-state index in [-0.39, 0.29) is 11.8 Å². The molecule has 5 nitrogen and oxygen atoms in total. The fourth-order valence-corrected chi connectivity index (χ4v) is 2.82. The number of aromatic nitrogens is 2. The number of carbonyl (C=O) groups excluding carboxylic acids is 1. The van der Waals surface area contributed by atoms with Crippen LogP contribution in [-0.4, -0.2) is 40.6 Å². The van der Waals surface area contributed by atoms with Gasteiger partial charge in [-0.15, -0.1) is 16.6 Å². The van der Waals surface area contributed by atoms with Gasteiger partial charge in [-0.3, -0.25) is 9.69 Å². The topological polar surface area (TPSA) is 58.1 Å². The summed E-state index contributed by atoms with van der Waals surface area (Å²) >= 11 is 1.44. The van der Waals surface area contributed by atoms with E-state index in [1.165, 1.54) is 11.3 Å². The Morgan fingerprint density at radius 3 is 2.84 bits per heavy atom. The third kappa shape index (κ3) is 3.75. The molecular weight excluding hydrogens is 260 g/mol. The van der Waals surface area contributed by atoms with Gasteiger partial charge in [-0.2, -0.15) is 0 Å². The number of likely N-dealkylation sites (tertiary alicyclic amines) is 1. The molecule has 1 fully saturated rings. The van der Waals surface area contributed by atoms with E-state index < -0.39 is 0 Å². The Balaban J connectivity index is 1.83. The summed E-state index contributed by atoms with van der Waals surface area (Å²) in [7, 11) is 0. The summed E-state index contributed by atoms with van der Waals surface area (Å²) in [5.74, 6) is 2.75. The van der Waals surface area contributed by atoms with Gasteiger partial charge in [-0.05, 0) is 32.4 Å². The van der Waals surface area contributed by atoms with Crippen LogP contribution in [-0.2, 0) is 11.2 Å². The van der Waals surface area contributed by atoms with Crippen LogP contribution < -0.4 is 5.32 Å². The Kier molecular flexibility index (Phi) is 4.88. The zero-order valence-corrected chi connectivity index (χ0v) is 11.9. The van der Waals surface area contributed by atoms with Gasteiger partial charge in [0.15, 0.2) is 0 Å². The zero-order chi connectivity index (χ0) is 13.7. The lowest BCUT2D eigenvalue weighted by Gasteiger charge is -2.29. The van der Waals surface area contributed by atoms with E-state index in [4.69, 9.17) is 6.42 Å². The third-order valence-corrected chi connectivity index (χ3v) is 4.26. The summed E-state index contributed by atoms with van der Waals surface area (Å²) in [6.07, 6.45) is 7.84. The number of carbonyl (C=O) groups is 1. The Morgan fingerprint density at radius 2 is 2.26 bits per heavy atom. The summed E-state index contributed by atoms with van der Waals surface area (Å²) in [5.41, 5.74) is 0. The molecule has 0 aromatic carbocycles. The number of amides is 1. The summed E-state index contributed by atoms with van der Waals surface area (Å²) in [6, 6.07) is 0. The molecule has 0 atom stereocenters. The van der Waals surface area contributed by atoms with Crippen molar-refractivity contribution in [2.24, 2.45) is 5.92 Å². The quantitative estimate of drug-likeness (QED) is 0.846. The lowest BCUT2D eigenvalue weighted by molar-refractivity contribution is -0.121. The molecule has 1 aromatic rings. The van der Waals surface area contributed by atoms with Crippen LogP contribution in [0.25, 0.3) is 0 Å². The summed E-state index contributed by atoms with van der Waals surface area (Å²) in [4.78, 5) is 14.3. The molecule has 1 saturated heterocycles. The van der Waals surface area contributed by atoms with Crippen LogP contribution in [0.2, 0.25) is 0 Å². The van der Waals surface area contributed by atoms with Crippen molar-refractivity contribution in [2.45, 2.75) is 26.2 Å². The number of nitrogens with zero attached hydrogens (tertiary/aromatic N) is 3. The molecule has 1 amide bonds. The minimum absolute atomic E-state index is 0.0548. The highest BCUT2D eigenvalue weighted by Crippen LogP contribution is 2.21. The Hall–Kier alpha value is -1.45. The first-order chi connectivity index (χ1) is 9.22. The van der Waals surface area contributed by atoms with E-state index in [2.05, 4.69) is 26.3 Å². The number of rotatable bonds is 4. The Labute approximate surface area is 117 Å². The SMILES string of the molecule is C#CCN1CCC(C(=O)Nc2nnc(CC)s2)CC1. The van der Waals surface area contributed by atoms with E-state index in [1.807, 2.05) is 6.92 Å². The molecule has 102 valence electrons. The summed E-state index contributed by atoms with van der Waals surface area (Å²) in [5, 5.41) is 12.4. The number of anilines is 1. The fraction of sp³-hybridized carbons (Fsp3) is 0.615. The smallest absolute Gasteiger partial charge is 0.229 e. The second-order valence-corrected chi connectivity index (χ2v) is 5.66. The molecule has 0 aliphatic carbocycles. The van der Waals surface area contributed by atoms with Gasteiger partial charge < -0.3 is 5.32 Å². The molecule has 2 rings (SSSR count). The van der Waals surface area contributed by atoms with Crippen LogP contribution >= 0.6 is 11.3 Å². The zero-order valence-electron chi connectivity index (χ0n) is 11.1. The predicted molar refractivity (Wildman–Crippen MR) is 75.9 cm³/mol. The molecule has 0 bridgehead atoms. The van der Waals surface area contributed by atoms with Crippen molar-refractivity contribution >= 4 is 22.4 Å². The first-order valence-electron chi connectivity index (χ1n) is 6.52. The van der Waals surface area contributed by atoms with E-state index in [0.717, 1.165) is 37.4 Å². The van der Waals surface area contributed by atoms with E-state index in [1.54, 1.807) is 0 Å². The number of hydrogen-bond donors (Lipinski definition) is 1. The molecule has 2 heterocycles. The highest BCUT2D eigenvalue weighted by molar-refractivity contribution is 7.15. The average molecular weight is 278 g/mol. The molecule has 1 N–H and O–H groups in total. The second-order valence-electron chi connectivity index (χ2n) is 4.60. The van der Waals surface area contributed by atoms with Crippen molar-refractivity contribution in [1.82, 2.24) is 15.1 Å². The molecule has 1 aromatic heterocycles. The first kappa shape index (κ1) is 14.0. The van der Waals surface area contributed by atoms with Gasteiger partial charge in [0, 0.05) is 5.92 Å². The van der Waals surface area contributed by atoms with Crippen LogP contribution in [0.5, 0.6) is 0 Å². The van der Waals surface area contributed by atoms with Gasteiger partial charge in [0.25, 0.3) is 0 Å². The van der Waals surface area contributed by atoms with Crippen LogP contribution in [0, 0.1) is 18.3 Å². The molecule has 0 unspecified atom stereocenters. The van der Waals surface area contributed by atoms with Crippen LogP contribution in [0.4, 0.5) is 5.13 Å². The van der Waals surface area contributed by atoms with Crippen molar-refractivity contribution in [3.8, 4) is 12.3 Å². The van der Waals surface area contributed by atoms with Gasteiger partial charge in [0.2, 0.25) is 11.0 Å². The summed E-state index contributed by atoms with van der Waals surface area (Å²) < 4.78 is 0. The fourth-order valence-electron chi connectivity index (χ4n) is 2.14. The molecule has 19 heavy (non-hydrogen) atoms. The number of piperidine rings is 1. The van der Waals surface area contributed by atoms with Gasteiger partial charge in [0.1, 0.15) is 5.01 Å². The average Bonchev–Trinajstić information content (AvgIpc) is 2.87. The van der Waals surface area contributed by atoms with Gasteiger partial charge in [0.05, 0.1) is 6.54 Å². The maximum absolute atomic E-state index is 12.1. The van der Waals surface area contributed by atoms with Crippen LogP contribution in [0.1, 0.15) is 24.8 Å². The van der Waals surface area contributed by atoms with E-state index >= 15 is 0 Å². The van der Waals surface area contributed by atoms with Crippen LogP contribution in [0.3, 0.4) is 0 Å². The van der Waals surface area contributed by atoms with Crippen molar-refractivity contribution in [3.63, 3.8) is 0 Å². The lowest BCUT2D eigenvalue weighted by Crippen LogP contribution is -2.38. The van der Waals surface area contributed by atoms with Crippen molar-refractivity contribution in [2.75, 3.05) is 25.0 Å². The molecular formula is C13H18N4OS. The van der Waals surface area contributed by atoms with Crippen molar-refractivity contribution in [1.29, 1.82) is 0 Å². The molecule has 0 spiro atoms. The maximum Gasteiger partial charge on any atom is 0.229 e. The standard InChI is InChI=1S/C13H18N4OS/c1-3-7-17-8-5-10(6-9-17)12(18)14-13-16-15-11(4-2)19-13/h1,10H,4-9H2,2H3,(H,14,16,18).